The SMILES string of the molecule is CCCCCCC(CCCCCCCCCCCCCCN)C(=O)O. The quantitative estimate of drug-likeness (QED) is 0.239. The van der Waals surface area contributed by atoms with Gasteiger partial charge in [0.05, 0.1) is 5.92 Å². The van der Waals surface area contributed by atoms with E-state index < -0.39 is 5.97 Å². The van der Waals surface area contributed by atoms with Crippen molar-refractivity contribution in [3.05, 3.63) is 0 Å². The number of aliphatic carboxylic acids is 1. The zero-order chi connectivity index (χ0) is 18.6. The molecule has 0 heterocycles. The zero-order valence-corrected chi connectivity index (χ0v) is 16.9. The minimum atomic E-state index is -0.581. The summed E-state index contributed by atoms with van der Waals surface area (Å²) in [5, 5.41) is 9.31. The number of unbranched alkanes of at least 4 members (excludes halogenated alkanes) is 14. The number of carbonyl (C=O) groups is 1. The van der Waals surface area contributed by atoms with Gasteiger partial charge in [0.25, 0.3) is 0 Å². The van der Waals surface area contributed by atoms with Crippen molar-refractivity contribution in [1.82, 2.24) is 0 Å². The molecule has 1 unspecified atom stereocenters. The Morgan fingerprint density at radius 3 is 1.40 bits per heavy atom. The predicted octanol–water partition coefficient (Wildman–Crippen LogP) is 6.69. The van der Waals surface area contributed by atoms with Crippen LogP contribution in [0, 0.1) is 5.92 Å². The second-order valence-corrected chi connectivity index (χ2v) is 7.70. The lowest BCUT2D eigenvalue weighted by Crippen LogP contribution is -2.13. The van der Waals surface area contributed by atoms with E-state index in [0.29, 0.717) is 0 Å². The summed E-state index contributed by atoms with van der Waals surface area (Å²) < 4.78 is 0. The molecule has 25 heavy (non-hydrogen) atoms. The molecule has 3 nitrogen and oxygen atoms in total. The molecule has 3 heteroatoms. The Hall–Kier alpha value is -0.570. The van der Waals surface area contributed by atoms with E-state index >= 15 is 0 Å². The molecule has 0 aliphatic carbocycles. The summed E-state index contributed by atoms with van der Waals surface area (Å²) in [6.45, 7) is 3.03. The molecule has 1 atom stereocenters. The van der Waals surface area contributed by atoms with Crippen LogP contribution in [-0.2, 0) is 4.79 Å². The standard InChI is InChI=1S/C22H45NO2/c1-2-3-4-15-18-21(22(24)25)19-16-13-11-9-7-5-6-8-10-12-14-17-20-23/h21H,2-20,23H2,1H3,(H,24,25). The lowest BCUT2D eigenvalue weighted by Gasteiger charge is -2.12. The molecule has 0 bridgehead atoms. The fourth-order valence-electron chi connectivity index (χ4n) is 3.51. The Kier molecular flexibility index (Phi) is 19.3. The van der Waals surface area contributed by atoms with Crippen LogP contribution in [0.3, 0.4) is 0 Å². The summed E-state index contributed by atoms with van der Waals surface area (Å²) >= 11 is 0. The molecular weight excluding hydrogens is 310 g/mol. The van der Waals surface area contributed by atoms with Crippen LogP contribution >= 0.6 is 0 Å². The summed E-state index contributed by atoms with van der Waals surface area (Å²) in [6.07, 6.45) is 22.0. The topological polar surface area (TPSA) is 63.3 Å². The third-order valence-electron chi connectivity index (χ3n) is 5.26. The van der Waals surface area contributed by atoms with Crippen LogP contribution in [0.5, 0.6) is 0 Å². The van der Waals surface area contributed by atoms with Gasteiger partial charge in [0, 0.05) is 0 Å². The molecule has 0 fully saturated rings. The summed E-state index contributed by atoms with van der Waals surface area (Å²) in [5.74, 6) is -0.681. The third kappa shape index (κ3) is 18.0. The monoisotopic (exact) mass is 355 g/mol. The van der Waals surface area contributed by atoms with E-state index in [0.717, 1.165) is 32.2 Å². The number of carboxylic acid groups (broad SMARTS) is 1. The van der Waals surface area contributed by atoms with Crippen molar-refractivity contribution in [3.63, 3.8) is 0 Å². The van der Waals surface area contributed by atoms with Crippen LogP contribution in [-0.4, -0.2) is 17.6 Å². The highest BCUT2D eigenvalue weighted by atomic mass is 16.4. The molecule has 3 N–H and O–H groups in total. The largest absolute Gasteiger partial charge is 0.481 e. The van der Waals surface area contributed by atoms with Gasteiger partial charge in [-0.2, -0.15) is 0 Å². The number of rotatable bonds is 20. The summed E-state index contributed by atoms with van der Waals surface area (Å²) in [7, 11) is 0. The third-order valence-corrected chi connectivity index (χ3v) is 5.26. The molecule has 0 radical (unpaired) electrons. The summed E-state index contributed by atoms with van der Waals surface area (Å²) in [6, 6.07) is 0. The van der Waals surface area contributed by atoms with Gasteiger partial charge in [-0.05, 0) is 25.8 Å². The molecule has 150 valence electrons. The Labute approximate surface area is 157 Å². The highest BCUT2D eigenvalue weighted by Gasteiger charge is 2.15. The number of carboxylic acids is 1. The fraction of sp³-hybridized carbons (Fsp3) is 0.955. The predicted molar refractivity (Wildman–Crippen MR) is 109 cm³/mol. The summed E-state index contributed by atoms with van der Waals surface area (Å²) in [5.41, 5.74) is 5.49. The second-order valence-electron chi connectivity index (χ2n) is 7.70. The van der Waals surface area contributed by atoms with Crippen molar-refractivity contribution >= 4 is 5.97 Å². The molecule has 0 aromatic heterocycles. The van der Waals surface area contributed by atoms with Crippen LogP contribution in [0.1, 0.15) is 122 Å². The van der Waals surface area contributed by atoms with Gasteiger partial charge in [0.2, 0.25) is 0 Å². The molecule has 0 aliphatic rings. The van der Waals surface area contributed by atoms with Gasteiger partial charge >= 0.3 is 5.97 Å². The normalized spacial score (nSPS) is 12.4. The van der Waals surface area contributed by atoms with Gasteiger partial charge in [0.1, 0.15) is 0 Å². The summed E-state index contributed by atoms with van der Waals surface area (Å²) in [4.78, 5) is 11.3. The Morgan fingerprint density at radius 2 is 1.04 bits per heavy atom. The first-order chi connectivity index (χ1) is 12.2. The molecule has 0 rings (SSSR count). The van der Waals surface area contributed by atoms with E-state index in [1.54, 1.807) is 0 Å². The van der Waals surface area contributed by atoms with Gasteiger partial charge in [-0.1, -0.05) is 103 Å². The van der Waals surface area contributed by atoms with Crippen LogP contribution in [0.2, 0.25) is 0 Å². The molecule has 0 amide bonds. The van der Waals surface area contributed by atoms with Gasteiger partial charge in [-0.15, -0.1) is 0 Å². The van der Waals surface area contributed by atoms with Crippen LogP contribution in [0.4, 0.5) is 0 Å². The number of hydrogen-bond acceptors (Lipinski definition) is 2. The minimum Gasteiger partial charge on any atom is -0.481 e. The Morgan fingerprint density at radius 1 is 0.680 bits per heavy atom. The lowest BCUT2D eigenvalue weighted by atomic mass is 9.94. The van der Waals surface area contributed by atoms with Crippen LogP contribution in [0.25, 0.3) is 0 Å². The zero-order valence-electron chi connectivity index (χ0n) is 16.9. The maximum atomic E-state index is 11.3. The van der Waals surface area contributed by atoms with Crippen molar-refractivity contribution < 1.29 is 9.90 Å². The van der Waals surface area contributed by atoms with Gasteiger partial charge in [-0.3, -0.25) is 4.79 Å². The maximum Gasteiger partial charge on any atom is 0.306 e. The molecule has 0 aromatic rings. The first-order valence-corrected chi connectivity index (χ1v) is 11.1. The average Bonchev–Trinajstić information content (AvgIpc) is 2.60. The first-order valence-electron chi connectivity index (χ1n) is 11.1. The molecule has 0 aromatic carbocycles. The second kappa shape index (κ2) is 19.8. The minimum absolute atomic E-state index is 0.101. The van der Waals surface area contributed by atoms with Crippen molar-refractivity contribution in [2.45, 2.75) is 122 Å². The molecular formula is C22H45NO2. The van der Waals surface area contributed by atoms with E-state index in [1.807, 2.05) is 0 Å². The molecule has 0 spiro atoms. The van der Waals surface area contributed by atoms with E-state index in [2.05, 4.69) is 6.92 Å². The van der Waals surface area contributed by atoms with E-state index in [-0.39, 0.29) is 5.92 Å². The van der Waals surface area contributed by atoms with Crippen LogP contribution < -0.4 is 5.73 Å². The van der Waals surface area contributed by atoms with E-state index in [9.17, 15) is 9.90 Å². The van der Waals surface area contributed by atoms with Gasteiger partial charge < -0.3 is 10.8 Å². The highest BCUT2D eigenvalue weighted by Crippen LogP contribution is 2.19. The smallest absolute Gasteiger partial charge is 0.306 e. The average molecular weight is 356 g/mol. The maximum absolute atomic E-state index is 11.3. The fourth-order valence-corrected chi connectivity index (χ4v) is 3.51. The van der Waals surface area contributed by atoms with Crippen molar-refractivity contribution in [3.8, 4) is 0 Å². The van der Waals surface area contributed by atoms with Crippen LogP contribution in [0.15, 0.2) is 0 Å². The Balaban J connectivity index is 3.35. The highest BCUT2D eigenvalue weighted by molar-refractivity contribution is 5.69. The van der Waals surface area contributed by atoms with Crippen molar-refractivity contribution in [1.29, 1.82) is 0 Å². The van der Waals surface area contributed by atoms with E-state index in [1.165, 1.54) is 89.9 Å². The van der Waals surface area contributed by atoms with Crippen molar-refractivity contribution in [2.24, 2.45) is 11.7 Å². The van der Waals surface area contributed by atoms with Crippen molar-refractivity contribution in [2.75, 3.05) is 6.54 Å². The Bertz CT molecular complexity index is 281. The van der Waals surface area contributed by atoms with Gasteiger partial charge in [0.15, 0.2) is 0 Å². The molecule has 0 aliphatic heterocycles. The van der Waals surface area contributed by atoms with Gasteiger partial charge in [-0.25, -0.2) is 0 Å². The number of nitrogens with two attached hydrogens (primary N) is 1. The lowest BCUT2D eigenvalue weighted by molar-refractivity contribution is -0.142. The molecule has 0 saturated carbocycles. The first kappa shape index (κ1) is 24.4. The number of hydrogen-bond donors (Lipinski definition) is 2. The molecule has 0 saturated heterocycles. The van der Waals surface area contributed by atoms with E-state index in [4.69, 9.17) is 5.73 Å².